The summed E-state index contributed by atoms with van der Waals surface area (Å²) in [5.74, 6) is 16.0. The van der Waals surface area contributed by atoms with Crippen LogP contribution in [0.4, 0.5) is 0 Å². The van der Waals surface area contributed by atoms with Gasteiger partial charge in [0.25, 0.3) is 0 Å². The Balaban J connectivity index is 1.60. The van der Waals surface area contributed by atoms with E-state index in [-0.39, 0.29) is 0 Å². The number of hydrogen-bond donors (Lipinski definition) is 0. The van der Waals surface area contributed by atoms with Crippen molar-refractivity contribution in [1.82, 2.24) is 0 Å². The number of rotatable bonds is 4. The molecule has 0 aliphatic carbocycles. The molecule has 0 N–H and O–H groups in total. The van der Waals surface area contributed by atoms with E-state index in [9.17, 15) is 0 Å². The molecule has 8 aromatic rings. The standard InChI is InChI=1S/C48H32O2/c1-49-37-27-21-33(22-28-37)25-31-43-39-17-9-10-18-40(39)44(32-26-34-23-29-38(50-2)30-24-34)48-46(36-15-7-4-8-16-36)42-20-12-11-19-41(42)45(47(43)48)35-13-5-3-6-14-35/h3-24,27-30H,1-2H3. The van der Waals surface area contributed by atoms with Crippen LogP contribution in [0.3, 0.4) is 0 Å². The summed E-state index contributed by atoms with van der Waals surface area (Å²) in [5.41, 5.74) is 8.33. The van der Waals surface area contributed by atoms with Crippen molar-refractivity contribution in [1.29, 1.82) is 0 Å². The minimum atomic E-state index is 0.802. The van der Waals surface area contributed by atoms with Crippen molar-refractivity contribution in [2.24, 2.45) is 0 Å². The maximum absolute atomic E-state index is 5.42. The Morgan fingerprint density at radius 2 is 0.680 bits per heavy atom. The fourth-order valence-corrected chi connectivity index (χ4v) is 6.81. The normalized spacial score (nSPS) is 10.7. The predicted octanol–water partition coefficient (Wildman–Crippen LogP) is 11.3. The van der Waals surface area contributed by atoms with Crippen LogP contribution in [0.15, 0.2) is 158 Å². The summed E-state index contributed by atoms with van der Waals surface area (Å²) in [5, 5.41) is 6.64. The van der Waals surface area contributed by atoms with Crippen molar-refractivity contribution < 1.29 is 9.47 Å². The molecule has 0 heterocycles. The lowest BCUT2D eigenvalue weighted by atomic mass is 9.80. The Labute approximate surface area is 292 Å². The quantitative estimate of drug-likeness (QED) is 0.141. The van der Waals surface area contributed by atoms with Gasteiger partial charge in [0.1, 0.15) is 11.5 Å². The SMILES string of the molecule is COc1ccc(C#Cc2c3ccccc3c(C#Cc3ccc(OC)cc3)c3c(-c4ccccc4)c4ccccc4c(-c4ccccc4)c23)cc1. The van der Waals surface area contributed by atoms with Crippen LogP contribution in [0.25, 0.3) is 54.6 Å². The van der Waals surface area contributed by atoms with Crippen molar-refractivity contribution >= 4 is 32.3 Å². The molecule has 0 aromatic heterocycles. The van der Waals surface area contributed by atoms with Crippen molar-refractivity contribution in [3.05, 3.63) is 180 Å². The summed E-state index contributed by atoms with van der Waals surface area (Å²) in [6.07, 6.45) is 0. The molecule has 2 nitrogen and oxygen atoms in total. The first kappa shape index (κ1) is 30.6. The van der Waals surface area contributed by atoms with E-state index in [0.717, 1.165) is 77.6 Å². The van der Waals surface area contributed by atoms with E-state index in [0.29, 0.717) is 0 Å². The van der Waals surface area contributed by atoms with E-state index in [1.54, 1.807) is 14.2 Å². The zero-order valence-corrected chi connectivity index (χ0v) is 27.8. The summed E-state index contributed by atoms with van der Waals surface area (Å²) in [7, 11) is 3.36. The number of methoxy groups -OCH3 is 2. The highest BCUT2D eigenvalue weighted by Gasteiger charge is 2.23. The molecule has 2 heteroatoms. The highest BCUT2D eigenvalue weighted by Crippen LogP contribution is 2.48. The summed E-state index contributed by atoms with van der Waals surface area (Å²) >= 11 is 0. The van der Waals surface area contributed by atoms with E-state index in [2.05, 4.69) is 133 Å². The van der Waals surface area contributed by atoms with Gasteiger partial charge >= 0.3 is 0 Å². The van der Waals surface area contributed by atoms with Gasteiger partial charge in [-0.05, 0) is 92.3 Å². The Kier molecular flexibility index (Phi) is 8.20. The lowest BCUT2D eigenvalue weighted by molar-refractivity contribution is 0.414. The second kappa shape index (κ2) is 13.4. The largest absolute Gasteiger partial charge is 0.497 e. The molecule has 0 amide bonds. The number of hydrogen-bond acceptors (Lipinski definition) is 2. The maximum Gasteiger partial charge on any atom is 0.118 e. The number of benzene rings is 8. The maximum atomic E-state index is 5.42. The van der Waals surface area contributed by atoms with Crippen LogP contribution in [0.5, 0.6) is 11.5 Å². The van der Waals surface area contributed by atoms with E-state index in [1.165, 1.54) is 10.8 Å². The third kappa shape index (κ3) is 5.60. The van der Waals surface area contributed by atoms with Crippen molar-refractivity contribution in [2.45, 2.75) is 0 Å². The smallest absolute Gasteiger partial charge is 0.118 e. The Bertz CT molecular complexity index is 2450. The average molecular weight is 641 g/mol. The van der Waals surface area contributed by atoms with Gasteiger partial charge < -0.3 is 9.47 Å². The molecule has 0 aliphatic heterocycles. The molecule has 0 aliphatic rings. The van der Waals surface area contributed by atoms with Gasteiger partial charge in [-0.3, -0.25) is 0 Å². The van der Waals surface area contributed by atoms with E-state index < -0.39 is 0 Å². The van der Waals surface area contributed by atoms with Crippen LogP contribution in [0.2, 0.25) is 0 Å². The summed E-state index contributed by atoms with van der Waals surface area (Å²) in [6, 6.07) is 54.5. The van der Waals surface area contributed by atoms with Gasteiger partial charge in [-0.25, -0.2) is 0 Å². The predicted molar refractivity (Wildman–Crippen MR) is 208 cm³/mol. The van der Waals surface area contributed by atoms with E-state index in [1.807, 2.05) is 48.5 Å². The Hall–Kier alpha value is -6.74. The third-order valence-corrected chi connectivity index (χ3v) is 9.15. The van der Waals surface area contributed by atoms with Crippen molar-refractivity contribution in [3.8, 4) is 57.4 Å². The van der Waals surface area contributed by atoms with Gasteiger partial charge in [0.2, 0.25) is 0 Å². The van der Waals surface area contributed by atoms with Crippen molar-refractivity contribution in [3.63, 3.8) is 0 Å². The molecule has 0 saturated carbocycles. The van der Waals surface area contributed by atoms with Crippen LogP contribution < -0.4 is 9.47 Å². The van der Waals surface area contributed by atoms with Crippen LogP contribution in [-0.2, 0) is 0 Å². The molecular formula is C48H32O2. The summed E-state index contributed by atoms with van der Waals surface area (Å²) in [6.45, 7) is 0. The Morgan fingerprint density at radius 1 is 0.340 bits per heavy atom. The molecule has 0 bridgehead atoms. The second-order valence-corrected chi connectivity index (χ2v) is 12.0. The minimum Gasteiger partial charge on any atom is -0.497 e. The first-order valence-electron chi connectivity index (χ1n) is 16.6. The Morgan fingerprint density at radius 3 is 1.04 bits per heavy atom. The topological polar surface area (TPSA) is 18.5 Å². The highest BCUT2D eigenvalue weighted by molar-refractivity contribution is 6.27. The summed E-state index contributed by atoms with van der Waals surface area (Å²) < 4.78 is 10.8. The lowest BCUT2D eigenvalue weighted by Gasteiger charge is -2.22. The molecule has 0 saturated heterocycles. The molecule has 0 radical (unpaired) electrons. The fraction of sp³-hybridized carbons (Fsp3) is 0.0417. The molecule has 8 rings (SSSR count). The first-order valence-corrected chi connectivity index (χ1v) is 16.6. The monoisotopic (exact) mass is 640 g/mol. The molecule has 8 aromatic carbocycles. The number of fused-ring (bicyclic) bond motifs is 3. The highest BCUT2D eigenvalue weighted by atomic mass is 16.5. The molecule has 0 atom stereocenters. The fourth-order valence-electron chi connectivity index (χ4n) is 6.81. The zero-order chi connectivity index (χ0) is 33.9. The second-order valence-electron chi connectivity index (χ2n) is 12.0. The minimum absolute atomic E-state index is 0.802. The third-order valence-electron chi connectivity index (χ3n) is 9.15. The van der Waals surface area contributed by atoms with Gasteiger partial charge in [-0.1, -0.05) is 133 Å². The van der Waals surface area contributed by atoms with E-state index in [4.69, 9.17) is 9.47 Å². The number of ether oxygens (including phenoxy) is 2. The van der Waals surface area contributed by atoms with E-state index >= 15 is 0 Å². The van der Waals surface area contributed by atoms with Crippen LogP contribution in [0, 0.1) is 23.7 Å². The zero-order valence-electron chi connectivity index (χ0n) is 27.8. The van der Waals surface area contributed by atoms with Gasteiger partial charge in [-0.2, -0.15) is 0 Å². The molecular weight excluding hydrogens is 609 g/mol. The molecule has 0 fully saturated rings. The lowest BCUT2D eigenvalue weighted by Crippen LogP contribution is -1.98. The van der Waals surface area contributed by atoms with Crippen LogP contribution in [-0.4, -0.2) is 14.2 Å². The molecule has 0 spiro atoms. The van der Waals surface area contributed by atoms with Crippen LogP contribution >= 0.6 is 0 Å². The van der Waals surface area contributed by atoms with Crippen molar-refractivity contribution in [2.75, 3.05) is 14.2 Å². The molecule has 236 valence electrons. The van der Waals surface area contributed by atoms with Gasteiger partial charge in [0.05, 0.1) is 14.2 Å². The average Bonchev–Trinajstić information content (AvgIpc) is 3.19. The van der Waals surface area contributed by atoms with Gasteiger partial charge in [0, 0.05) is 33.0 Å². The van der Waals surface area contributed by atoms with Gasteiger partial charge in [0.15, 0.2) is 0 Å². The summed E-state index contributed by atoms with van der Waals surface area (Å²) in [4.78, 5) is 0. The molecule has 50 heavy (non-hydrogen) atoms. The van der Waals surface area contributed by atoms with Crippen LogP contribution in [0.1, 0.15) is 22.3 Å². The van der Waals surface area contributed by atoms with Gasteiger partial charge in [-0.15, -0.1) is 0 Å². The first-order chi connectivity index (χ1) is 24.7. The molecule has 0 unspecified atom stereocenters.